The zero-order valence-corrected chi connectivity index (χ0v) is 32.6. The third-order valence-corrected chi connectivity index (χ3v) is 12.9. The molecule has 268 valence electrons. The maximum absolute atomic E-state index is 7.08. The van der Waals surface area contributed by atoms with Gasteiger partial charge in [0.1, 0.15) is 11.5 Å². The summed E-state index contributed by atoms with van der Waals surface area (Å²) >= 11 is 0. The van der Waals surface area contributed by atoms with E-state index in [1.165, 1.54) is 115 Å². The largest absolute Gasteiger partial charge is 0.456 e. The molecular weight excluding hydrogens is 655 g/mol. The predicted octanol–water partition coefficient (Wildman–Crippen LogP) is 14.3. The lowest BCUT2D eigenvalue weighted by Gasteiger charge is -2.42. The topological polar surface area (TPSA) is 12.5 Å². The van der Waals surface area contributed by atoms with Crippen molar-refractivity contribution in [3.05, 3.63) is 160 Å². The van der Waals surface area contributed by atoms with Crippen molar-refractivity contribution in [2.24, 2.45) is 0 Å². The summed E-state index contributed by atoms with van der Waals surface area (Å²) < 4.78 is 7.08. The Hall–Kier alpha value is -5.34. The molecule has 0 N–H and O–H groups in total. The van der Waals surface area contributed by atoms with Gasteiger partial charge in [0.05, 0.1) is 11.4 Å². The van der Waals surface area contributed by atoms with E-state index in [1.54, 1.807) is 0 Å². The number of ether oxygens (including phenoxy) is 1. The van der Waals surface area contributed by atoms with Gasteiger partial charge in [-0.2, -0.15) is 0 Å². The molecule has 6 aromatic rings. The van der Waals surface area contributed by atoms with Gasteiger partial charge in [-0.1, -0.05) is 120 Å². The fourth-order valence-electron chi connectivity index (χ4n) is 9.93. The van der Waals surface area contributed by atoms with Crippen molar-refractivity contribution in [1.82, 2.24) is 0 Å². The first kappa shape index (κ1) is 33.2. The Morgan fingerprint density at radius 2 is 1.33 bits per heavy atom. The van der Waals surface area contributed by atoms with Crippen LogP contribution >= 0.6 is 0 Å². The molecule has 0 amide bonds. The van der Waals surface area contributed by atoms with Crippen LogP contribution in [-0.2, 0) is 23.7 Å². The van der Waals surface area contributed by atoms with Gasteiger partial charge in [0.2, 0.25) is 0 Å². The lowest BCUT2D eigenvalue weighted by molar-refractivity contribution is 0.331. The Balaban J connectivity index is 1.36. The summed E-state index contributed by atoms with van der Waals surface area (Å²) in [6.45, 7) is 14.3. The molecule has 0 saturated heterocycles. The van der Waals surface area contributed by atoms with E-state index < -0.39 is 0 Å². The van der Waals surface area contributed by atoms with Crippen LogP contribution in [0.1, 0.15) is 99.2 Å². The van der Waals surface area contributed by atoms with Gasteiger partial charge >= 0.3 is 0 Å². The van der Waals surface area contributed by atoms with Gasteiger partial charge in [-0.15, -0.1) is 0 Å². The number of anilines is 2. The van der Waals surface area contributed by atoms with Crippen molar-refractivity contribution in [1.29, 1.82) is 0 Å². The Labute approximate surface area is 321 Å². The number of hydrogen-bond donors (Lipinski definition) is 0. The number of para-hydroxylation sites is 1. The molecule has 10 rings (SSSR count). The van der Waals surface area contributed by atoms with E-state index in [-0.39, 0.29) is 10.8 Å². The predicted molar refractivity (Wildman–Crippen MR) is 226 cm³/mol. The summed E-state index contributed by atoms with van der Waals surface area (Å²) in [5.74, 6) is 1.82. The van der Waals surface area contributed by atoms with Gasteiger partial charge in [-0.25, -0.2) is 0 Å². The quantitative estimate of drug-likeness (QED) is 0.177. The van der Waals surface area contributed by atoms with Crippen LogP contribution in [-0.4, -0.2) is 0 Å². The second kappa shape index (κ2) is 12.1. The first-order valence-electron chi connectivity index (χ1n) is 20.1. The van der Waals surface area contributed by atoms with Crippen molar-refractivity contribution in [3.63, 3.8) is 0 Å². The van der Waals surface area contributed by atoms with E-state index in [2.05, 4.69) is 162 Å². The molecule has 0 fully saturated rings. The smallest absolute Gasteiger partial charge is 0.135 e. The molecule has 4 aliphatic rings. The van der Waals surface area contributed by atoms with Crippen LogP contribution in [0.3, 0.4) is 0 Å². The van der Waals surface area contributed by atoms with Crippen molar-refractivity contribution in [2.45, 2.75) is 90.9 Å². The van der Waals surface area contributed by atoms with Gasteiger partial charge < -0.3 is 9.64 Å². The number of rotatable bonds is 5. The van der Waals surface area contributed by atoms with E-state index in [9.17, 15) is 0 Å². The summed E-state index contributed by atoms with van der Waals surface area (Å²) in [4.78, 5) is 2.67. The fourth-order valence-corrected chi connectivity index (χ4v) is 9.93. The highest BCUT2D eigenvalue weighted by Crippen LogP contribution is 2.60. The molecule has 2 aliphatic carbocycles. The minimum absolute atomic E-state index is 0.0944. The summed E-state index contributed by atoms with van der Waals surface area (Å²) in [5, 5.41) is 0. The number of aryl methyl sites for hydroxylation is 2. The maximum atomic E-state index is 7.08. The minimum atomic E-state index is 0.0944. The number of nitrogens with zero attached hydrogens (tertiary/aromatic N) is 1. The average Bonchev–Trinajstić information content (AvgIpc) is 3.53. The van der Waals surface area contributed by atoms with Crippen LogP contribution in [0.25, 0.3) is 39.0 Å². The Bertz CT molecular complexity index is 2550. The Kier molecular flexibility index (Phi) is 7.44. The molecular formula is C52H49NO. The van der Waals surface area contributed by atoms with E-state index in [1.807, 2.05) is 0 Å². The Morgan fingerprint density at radius 3 is 2.13 bits per heavy atom. The number of benzene rings is 6. The third-order valence-electron chi connectivity index (χ3n) is 12.9. The molecule has 0 unspecified atom stereocenters. The fraction of sp³-hybridized carbons (Fsp3) is 0.269. The molecule has 54 heavy (non-hydrogen) atoms. The molecule has 2 nitrogen and oxygen atoms in total. The van der Waals surface area contributed by atoms with E-state index in [0.717, 1.165) is 29.9 Å². The summed E-state index contributed by atoms with van der Waals surface area (Å²) in [6, 6.07) is 43.7. The zero-order chi connectivity index (χ0) is 36.9. The van der Waals surface area contributed by atoms with Crippen LogP contribution in [0.2, 0.25) is 0 Å². The van der Waals surface area contributed by atoms with Gasteiger partial charge in [0.25, 0.3) is 0 Å². The van der Waals surface area contributed by atoms with Crippen molar-refractivity contribution in [2.75, 3.05) is 4.90 Å². The molecule has 6 aromatic carbocycles. The van der Waals surface area contributed by atoms with Crippen molar-refractivity contribution >= 4 is 16.9 Å². The van der Waals surface area contributed by atoms with Gasteiger partial charge in [-0.05, 0) is 130 Å². The normalized spacial score (nSPS) is 16.7. The molecule has 2 heterocycles. The lowest BCUT2D eigenvalue weighted by atomic mass is 9.62. The van der Waals surface area contributed by atoms with Gasteiger partial charge in [0, 0.05) is 39.9 Å². The van der Waals surface area contributed by atoms with Crippen LogP contribution in [0.4, 0.5) is 11.4 Å². The monoisotopic (exact) mass is 703 g/mol. The van der Waals surface area contributed by atoms with Gasteiger partial charge in [0.15, 0.2) is 0 Å². The summed E-state index contributed by atoms with van der Waals surface area (Å²) in [5.41, 5.74) is 22.3. The highest BCUT2D eigenvalue weighted by molar-refractivity contribution is 6.08. The second-order valence-corrected chi connectivity index (χ2v) is 17.5. The highest BCUT2D eigenvalue weighted by Gasteiger charge is 2.42. The third kappa shape index (κ3) is 4.99. The van der Waals surface area contributed by atoms with E-state index >= 15 is 0 Å². The molecule has 0 saturated carbocycles. The highest BCUT2D eigenvalue weighted by atomic mass is 16.5. The van der Waals surface area contributed by atoms with Crippen LogP contribution in [0, 0.1) is 6.92 Å². The molecule has 2 aliphatic heterocycles. The number of hydrogen-bond acceptors (Lipinski definition) is 2. The zero-order valence-electron chi connectivity index (χ0n) is 32.6. The SMILES string of the molecule is CCCCc1ccc(N2C3=C(c4cc5c(cc4C3)C(C)(C)CCC5(C)C)c3c4cccc3-c3cc(C)cc2c3-c2ccccc2O4)c(-c2ccccc2)c1. The Morgan fingerprint density at radius 1 is 0.611 bits per heavy atom. The molecule has 0 atom stereocenters. The number of unbranched alkanes of at least 4 members (excludes halogenated alkanes) is 1. The minimum Gasteiger partial charge on any atom is -0.456 e. The molecule has 0 radical (unpaired) electrons. The number of allylic oxidation sites excluding steroid dienone is 1. The van der Waals surface area contributed by atoms with E-state index in [0.29, 0.717) is 0 Å². The van der Waals surface area contributed by atoms with Crippen LogP contribution in [0.5, 0.6) is 11.5 Å². The summed E-state index contributed by atoms with van der Waals surface area (Å²) in [7, 11) is 0. The molecule has 6 bridgehead atoms. The average molecular weight is 704 g/mol. The van der Waals surface area contributed by atoms with Crippen LogP contribution in [0.15, 0.2) is 121 Å². The van der Waals surface area contributed by atoms with Crippen molar-refractivity contribution in [3.8, 4) is 44.9 Å². The van der Waals surface area contributed by atoms with Crippen molar-refractivity contribution < 1.29 is 4.74 Å². The van der Waals surface area contributed by atoms with Gasteiger partial charge in [-0.3, -0.25) is 0 Å². The molecule has 2 heteroatoms. The molecule has 0 aromatic heterocycles. The standard InChI is InChI=1S/C52H49NO/c1-7-8-15-33-22-23-43(38(28-33)34-16-10-9-11-17-34)53-44-27-32(2)26-40-36-19-14-21-47(54-46-20-13-12-18-37(46)48(40)44)50(36)49-39-31-42-41(29-35(39)30-45(49)53)51(3,4)24-25-52(42,5)6/h9-14,16-23,26-29,31H,7-8,15,24-25,30H2,1-6H3. The first-order valence-corrected chi connectivity index (χ1v) is 20.1. The number of fused-ring (bicyclic) bond motifs is 4. The second-order valence-electron chi connectivity index (χ2n) is 17.5. The first-order chi connectivity index (χ1) is 26.1. The maximum Gasteiger partial charge on any atom is 0.135 e. The lowest BCUT2D eigenvalue weighted by Crippen LogP contribution is -2.34. The summed E-state index contributed by atoms with van der Waals surface area (Å²) in [6.07, 6.45) is 6.67. The van der Waals surface area contributed by atoms with E-state index in [4.69, 9.17) is 4.74 Å². The van der Waals surface area contributed by atoms with Crippen LogP contribution < -0.4 is 9.64 Å². The molecule has 0 spiro atoms.